The summed E-state index contributed by atoms with van der Waals surface area (Å²) >= 11 is 0. The zero-order chi connectivity index (χ0) is 18.8. The van der Waals surface area contributed by atoms with Gasteiger partial charge in [-0.05, 0) is 42.5 Å². The molecule has 2 aliphatic heterocycles. The maximum atomic E-state index is 12.9. The summed E-state index contributed by atoms with van der Waals surface area (Å²) in [5.41, 5.74) is 1.23. The van der Waals surface area contributed by atoms with E-state index < -0.39 is 0 Å². The lowest BCUT2D eigenvalue weighted by molar-refractivity contribution is -0.127. The van der Waals surface area contributed by atoms with Crippen molar-refractivity contribution >= 4 is 22.7 Å². The maximum Gasteiger partial charge on any atom is 0.318 e. The minimum Gasteiger partial charge on any atom is -0.341 e. The minimum atomic E-state index is -0.0479. The molecule has 2 heterocycles. The van der Waals surface area contributed by atoms with E-state index in [-0.39, 0.29) is 24.0 Å². The zero-order valence-electron chi connectivity index (χ0n) is 15.9. The third-order valence-corrected chi connectivity index (χ3v) is 5.73. The molecule has 5 nitrogen and oxygen atoms in total. The molecule has 2 atom stereocenters. The summed E-state index contributed by atoms with van der Waals surface area (Å²) in [5.74, 6) is 0.200. The van der Waals surface area contributed by atoms with Crippen LogP contribution in [-0.4, -0.2) is 47.4 Å². The molecule has 142 valence electrons. The standard InChI is InChI=1S/C22H27N3O2/c1-16(15-24-13-6-12-21(24)26)23-22(27)25-14-5-11-20(25)19-10-4-8-17-7-2-3-9-18(17)19/h2-4,7-10,16,20H,5-6,11-15H2,1H3,(H,23,27)/t16-,20+/m0/s1. The van der Waals surface area contributed by atoms with E-state index in [4.69, 9.17) is 0 Å². The third-order valence-electron chi connectivity index (χ3n) is 5.73. The van der Waals surface area contributed by atoms with Crippen LogP contribution in [0.15, 0.2) is 42.5 Å². The number of benzene rings is 2. The molecule has 2 aromatic carbocycles. The molecular formula is C22H27N3O2. The van der Waals surface area contributed by atoms with Crippen LogP contribution in [0.1, 0.15) is 44.2 Å². The Labute approximate surface area is 160 Å². The molecule has 2 saturated heterocycles. The molecule has 0 saturated carbocycles. The minimum absolute atomic E-state index is 0.0235. The van der Waals surface area contributed by atoms with Crippen molar-refractivity contribution in [3.8, 4) is 0 Å². The van der Waals surface area contributed by atoms with Gasteiger partial charge in [-0.1, -0.05) is 42.5 Å². The van der Waals surface area contributed by atoms with Crippen LogP contribution >= 0.6 is 0 Å². The Morgan fingerprint density at radius 3 is 2.78 bits per heavy atom. The molecule has 0 unspecified atom stereocenters. The van der Waals surface area contributed by atoms with Crippen LogP contribution in [0.25, 0.3) is 10.8 Å². The first kappa shape index (κ1) is 17.8. The van der Waals surface area contributed by atoms with Crippen molar-refractivity contribution in [2.24, 2.45) is 0 Å². The van der Waals surface area contributed by atoms with Gasteiger partial charge in [-0.2, -0.15) is 0 Å². The van der Waals surface area contributed by atoms with Crippen molar-refractivity contribution < 1.29 is 9.59 Å². The highest BCUT2D eigenvalue weighted by molar-refractivity contribution is 5.87. The van der Waals surface area contributed by atoms with Gasteiger partial charge < -0.3 is 15.1 Å². The Balaban J connectivity index is 1.47. The van der Waals surface area contributed by atoms with E-state index in [1.54, 1.807) is 0 Å². The molecule has 2 fully saturated rings. The van der Waals surface area contributed by atoms with Gasteiger partial charge in [-0.25, -0.2) is 4.79 Å². The van der Waals surface area contributed by atoms with Crippen molar-refractivity contribution in [2.75, 3.05) is 19.6 Å². The van der Waals surface area contributed by atoms with Gasteiger partial charge in [0.15, 0.2) is 0 Å². The van der Waals surface area contributed by atoms with Crippen molar-refractivity contribution in [2.45, 2.75) is 44.7 Å². The number of likely N-dealkylation sites (tertiary alicyclic amines) is 2. The molecule has 0 aromatic heterocycles. The van der Waals surface area contributed by atoms with Crippen molar-refractivity contribution in [1.82, 2.24) is 15.1 Å². The van der Waals surface area contributed by atoms with Crippen LogP contribution in [0, 0.1) is 0 Å². The lowest BCUT2D eigenvalue weighted by Gasteiger charge is -2.29. The Kier molecular flexibility index (Phi) is 5.01. The molecule has 0 radical (unpaired) electrons. The lowest BCUT2D eigenvalue weighted by atomic mass is 9.97. The second kappa shape index (κ2) is 7.59. The van der Waals surface area contributed by atoms with Crippen LogP contribution in [0.5, 0.6) is 0 Å². The monoisotopic (exact) mass is 365 g/mol. The lowest BCUT2D eigenvalue weighted by Crippen LogP contribution is -2.47. The summed E-state index contributed by atoms with van der Waals surface area (Å²) in [6.07, 6.45) is 3.56. The smallest absolute Gasteiger partial charge is 0.318 e. The Hall–Kier alpha value is -2.56. The predicted octanol–water partition coefficient (Wildman–Crippen LogP) is 3.70. The summed E-state index contributed by atoms with van der Waals surface area (Å²) in [5, 5.41) is 5.54. The number of carbonyl (C=O) groups is 2. The average molecular weight is 365 g/mol. The normalized spacial score (nSPS) is 21.1. The first-order valence-corrected chi connectivity index (χ1v) is 9.96. The van der Waals surface area contributed by atoms with Crippen LogP contribution in [0.4, 0.5) is 4.79 Å². The van der Waals surface area contributed by atoms with E-state index in [0.29, 0.717) is 13.0 Å². The van der Waals surface area contributed by atoms with Gasteiger partial charge >= 0.3 is 6.03 Å². The van der Waals surface area contributed by atoms with Gasteiger partial charge in [-0.15, -0.1) is 0 Å². The van der Waals surface area contributed by atoms with E-state index in [9.17, 15) is 9.59 Å². The van der Waals surface area contributed by atoms with Crippen LogP contribution in [0.2, 0.25) is 0 Å². The number of nitrogens with one attached hydrogen (secondary N) is 1. The van der Waals surface area contributed by atoms with E-state index in [1.165, 1.54) is 16.3 Å². The van der Waals surface area contributed by atoms with Crippen molar-refractivity contribution in [3.05, 3.63) is 48.0 Å². The molecule has 27 heavy (non-hydrogen) atoms. The second-order valence-electron chi connectivity index (χ2n) is 7.71. The molecule has 2 aliphatic rings. The van der Waals surface area contributed by atoms with E-state index in [2.05, 4.69) is 41.7 Å². The fraction of sp³-hybridized carbons (Fsp3) is 0.455. The quantitative estimate of drug-likeness (QED) is 0.898. The predicted molar refractivity (Wildman–Crippen MR) is 106 cm³/mol. The number of rotatable bonds is 4. The second-order valence-corrected chi connectivity index (χ2v) is 7.71. The molecule has 3 amide bonds. The number of fused-ring (bicyclic) bond motifs is 1. The van der Waals surface area contributed by atoms with Gasteiger partial charge in [-0.3, -0.25) is 4.79 Å². The molecule has 4 rings (SSSR count). The third kappa shape index (κ3) is 3.64. The van der Waals surface area contributed by atoms with E-state index >= 15 is 0 Å². The first-order chi connectivity index (χ1) is 13.1. The van der Waals surface area contributed by atoms with Gasteiger partial charge in [0, 0.05) is 32.1 Å². The summed E-state index contributed by atoms with van der Waals surface area (Å²) in [6.45, 7) is 4.15. The zero-order valence-corrected chi connectivity index (χ0v) is 15.9. The maximum absolute atomic E-state index is 12.9. The number of carbonyl (C=O) groups excluding carboxylic acids is 2. The first-order valence-electron chi connectivity index (χ1n) is 9.96. The molecule has 2 aromatic rings. The largest absolute Gasteiger partial charge is 0.341 e. The molecule has 0 bridgehead atoms. The number of urea groups is 1. The summed E-state index contributed by atoms with van der Waals surface area (Å²) < 4.78 is 0. The van der Waals surface area contributed by atoms with Crippen molar-refractivity contribution in [1.29, 1.82) is 0 Å². The molecule has 1 N–H and O–H groups in total. The topological polar surface area (TPSA) is 52.7 Å². The van der Waals surface area contributed by atoms with Gasteiger partial charge in [0.1, 0.15) is 0 Å². The molecular weight excluding hydrogens is 338 g/mol. The highest BCUT2D eigenvalue weighted by Gasteiger charge is 2.32. The highest BCUT2D eigenvalue weighted by Crippen LogP contribution is 2.35. The number of hydrogen-bond acceptors (Lipinski definition) is 2. The highest BCUT2D eigenvalue weighted by atomic mass is 16.2. The van der Waals surface area contributed by atoms with Crippen molar-refractivity contribution in [3.63, 3.8) is 0 Å². The fourth-order valence-corrected chi connectivity index (χ4v) is 4.44. The van der Waals surface area contributed by atoms with E-state index in [0.717, 1.165) is 32.4 Å². The Bertz CT molecular complexity index is 845. The number of hydrogen-bond donors (Lipinski definition) is 1. The fourth-order valence-electron chi connectivity index (χ4n) is 4.44. The SMILES string of the molecule is C[C@@H](CN1CCCC1=O)NC(=O)N1CCC[C@@H]1c1cccc2ccccc12. The average Bonchev–Trinajstić information content (AvgIpc) is 3.31. The number of nitrogens with zero attached hydrogens (tertiary/aromatic N) is 2. The van der Waals surface area contributed by atoms with Crippen LogP contribution in [0.3, 0.4) is 0 Å². The number of amides is 3. The molecule has 5 heteroatoms. The van der Waals surface area contributed by atoms with Gasteiger partial charge in [0.05, 0.1) is 6.04 Å². The molecule has 0 aliphatic carbocycles. The van der Waals surface area contributed by atoms with Gasteiger partial charge in [0.25, 0.3) is 0 Å². The van der Waals surface area contributed by atoms with E-state index in [1.807, 2.05) is 22.8 Å². The Morgan fingerprint density at radius 1 is 1.15 bits per heavy atom. The summed E-state index contributed by atoms with van der Waals surface area (Å²) in [7, 11) is 0. The summed E-state index contributed by atoms with van der Waals surface area (Å²) in [6, 6.07) is 14.7. The van der Waals surface area contributed by atoms with Gasteiger partial charge in [0.2, 0.25) is 5.91 Å². The van der Waals surface area contributed by atoms with Crippen LogP contribution in [-0.2, 0) is 4.79 Å². The summed E-state index contributed by atoms with van der Waals surface area (Å²) in [4.78, 5) is 28.6. The van der Waals surface area contributed by atoms with Crippen LogP contribution < -0.4 is 5.32 Å². The Morgan fingerprint density at radius 2 is 1.96 bits per heavy atom. The molecule has 0 spiro atoms.